The zero-order valence-corrected chi connectivity index (χ0v) is 18.9. The molecule has 2 aromatic carbocycles. The fourth-order valence-electron chi connectivity index (χ4n) is 2.67. The number of benzene rings is 2. The van der Waals surface area contributed by atoms with E-state index in [1.165, 1.54) is 14.2 Å². The molecule has 0 bridgehead atoms. The van der Waals surface area contributed by atoms with Crippen LogP contribution in [0, 0.1) is 0 Å². The standard InChI is InChI=1S/C21H22F6N2O4S/c1-30-17-4-3-13(7-18(17)31-2)5-6-28-19(34)29-14-8-15(32-11-20(22,23)24)10-16(9-14)33-12-21(25,26)27/h3-4,7-10H,5-6,11-12H2,1-2H3,(H2,28,29,34). The first-order valence-corrected chi connectivity index (χ1v) is 10.1. The Morgan fingerprint density at radius 3 is 1.88 bits per heavy atom. The van der Waals surface area contributed by atoms with Crippen molar-refractivity contribution in [2.45, 2.75) is 18.8 Å². The highest BCUT2D eigenvalue weighted by molar-refractivity contribution is 7.80. The monoisotopic (exact) mass is 512 g/mol. The molecule has 188 valence electrons. The molecule has 2 rings (SSSR count). The smallest absolute Gasteiger partial charge is 0.422 e. The Balaban J connectivity index is 2.01. The molecule has 0 radical (unpaired) electrons. The lowest BCUT2D eigenvalue weighted by Gasteiger charge is -2.16. The first-order valence-electron chi connectivity index (χ1n) is 9.68. The number of hydrogen-bond acceptors (Lipinski definition) is 5. The Morgan fingerprint density at radius 2 is 1.38 bits per heavy atom. The highest BCUT2D eigenvalue weighted by Crippen LogP contribution is 2.30. The molecule has 0 aliphatic heterocycles. The molecular formula is C21H22F6N2O4S. The summed E-state index contributed by atoms with van der Waals surface area (Å²) in [7, 11) is 3.03. The number of ether oxygens (including phenoxy) is 4. The summed E-state index contributed by atoms with van der Waals surface area (Å²) in [6.07, 6.45) is -8.72. The zero-order chi connectivity index (χ0) is 25.4. The van der Waals surface area contributed by atoms with Crippen LogP contribution in [-0.2, 0) is 6.42 Å². The van der Waals surface area contributed by atoms with Crippen LogP contribution in [0.25, 0.3) is 0 Å². The molecule has 0 amide bonds. The Hall–Kier alpha value is -3.09. The molecule has 0 saturated heterocycles. The van der Waals surface area contributed by atoms with Crippen molar-refractivity contribution in [2.75, 3.05) is 39.3 Å². The van der Waals surface area contributed by atoms with Crippen molar-refractivity contribution in [3.8, 4) is 23.0 Å². The van der Waals surface area contributed by atoms with E-state index >= 15 is 0 Å². The number of halogens is 6. The molecular weight excluding hydrogens is 490 g/mol. The number of alkyl halides is 6. The van der Waals surface area contributed by atoms with Crippen LogP contribution in [0.4, 0.5) is 32.0 Å². The summed E-state index contributed by atoms with van der Waals surface area (Å²) in [4.78, 5) is 0. The third kappa shape index (κ3) is 9.81. The number of methoxy groups -OCH3 is 2. The molecule has 0 aliphatic rings. The molecule has 0 aliphatic carbocycles. The van der Waals surface area contributed by atoms with Crippen LogP contribution in [0.5, 0.6) is 23.0 Å². The number of rotatable bonds is 10. The lowest BCUT2D eigenvalue weighted by Crippen LogP contribution is -2.30. The van der Waals surface area contributed by atoms with E-state index in [9.17, 15) is 26.3 Å². The summed E-state index contributed by atoms with van der Waals surface area (Å²) in [5.41, 5.74) is 0.999. The highest BCUT2D eigenvalue weighted by Gasteiger charge is 2.30. The van der Waals surface area contributed by atoms with Crippen LogP contribution in [0.15, 0.2) is 36.4 Å². The molecule has 0 fully saturated rings. The molecule has 13 heteroatoms. The van der Waals surface area contributed by atoms with E-state index < -0.39 is 25.6 Å². The van der Waals surface area contributed by atoms with Crippen molar-refractivity contribution in [1.82, 2.24) is 5.32 Å². The lowest BCUT2D eigenvalue weighted by atomic mass is 10.1. The van der Waals surface area contributed by atoms with Gasteiger partial charge in [-0.3, -0.25) is 0 Å². The summed E-state index contributed by atoms with van der Waals surface area (Å²) < 4.78 is 94.4. The third-order valence-electron chi connectivity index (χ3n) is 4.09. The summed E-state index contributed by atoms with van der Waals surface area (Å²) in [5.74, 6) is 0.454. The van der Waals surface area contributed by atoms with Gasteiger partial charge >= 0.3 is 12.4 Å². The molecule has 0 unspecified atom stereocenters. The topological polar surface area (TPSA) is 61.0 Å². The Kier molecular flexibility index (Phi) is 9.47. The molecule has 2 aromatic rings. The van der Waals surface area contributed by atoms with Gasteiger partial charge in [-0.05, 0) is 36.3 Å². The summed E-state index contributed by atoms with van der Waals surface area (Å²) in [6.45, 7) is -2.87. The molecule has 0 spiro atoms. The predicted octanol–water partition coefficient (Wildman–Crippen LogP) is 5.12. The minimum atomic E-state index is -4.63. The largest absolute Gasteiger partial charge is 0.493 e. The molecule has 0 heterocycles. The Labute approximate surface area is 197 Å². The Bertz CT molecular complexity index is 933. The van der Waals surface area contributed by atoms with E-state index in [1.54, 1.807) is 12.1 Å². The minimum absolute atomic E-state index is 0.0838. The van der Waals surface area contributed by atoms with E-state index in [-0.39, 0.29) is 22.3 Å². The quantitative estimate of drug-likeness (QED) is 0.339. The maximum absolute atomic E-state index is 12.5. The summed E-state index contributed by atoms with van der Waals surface area (Å²) in [5, 5.41) is 5.69. The molecule has 2 N–H and O–H groups in total. The van der Waals surface area contributed by atoms with E-state index in [0.29, 0.717) is 24.5 Å². The predicted molar refractivity (Wildman–Crippen MR) is 117 cm³/mol. The second-order valence-corrected chi connectivity index (χ2v) is 7.23. The molecule has 0 saturated carbocycles. The van der Waals surface area contributed by atoms with Gasteiger partial charge in [0.25, 0.3) is 0 Å². The molecule has 6 nitrogen and oxygen atoms in total. The van der Waals surface area contributed by atoms with Gasteiger partial charge in [-0.2, -0.15) is 26.3 Å². The van der Waals surface area contributed by atoms with Gasteiger partial charge in [-0.25, -0.2) is 0 Å². The van der Waals surface area contributed by atoms with Gasteiger partial charge < -0.3 is 29.6 Å². The fourth-order valence-corrected chi connectivity index (χ4v) is 2.89. The number of anilines is 1. The Morgan fingerprint density at radius 1 is 0.824 bits per heavy atom. The fraction of sp³-hybridized carbons (Fsp3) is 0.381. The van der Waals surface area contributed by atoms with Crippen LogP contribution in [0.3, 0.4) is 0 Å². The summed E-state index contributed by atoms with van der Waals surface area (Å²) >= 11 is 5.17. The third-order valence-corrected chi connectivity index (χ3v) is 4.34. The first kappa shape index (κ1) is 27.2. The van der Waals surface area contributed by atoms with E-state index in [2.05, 4.69) is 20.1 Å². The highest BCUT2D eigenvalue weighted by atomic mass is 32.1. The molecule has 0 atom stereocenters. The van der Waals surface area contributed by atoms with Gasteiger partial charge in [0.2, 0.25) is 0 Å². The first-order chi connectivity index (χ1) is 15.9. The normalized spacial score (nSPS) is 11.5. The second kappa shape index (κ2) is 11.9. The lowest BCUT2D eigenvalue weighted by molar-refractivity contribution is -0.153. The molecule has 0 aromatic heterocycles. The maximum atomic E-state index is 12.5. The van der Waals surface area contributed by atoms with E-state index in [4.69, 9.17) is 21.7 Å². The van der Waals surface area contributed by atoms with Crippen molar-refractivity contribution < 1.29 is 45.3 Å². The number of nitrogens with one attached hydrogen (secondary N) is 2. The van der Waals surface area contributed by atoms with Crippen LogP contribution >= 0.6 is 12.2 Å². The van der Waals surface area contributed by atoms with E-state index in [1.807, 2.05) is 6.07 Å². The van der Waals surface area contributed by atoms with Gasteiger partial charge in [-0.1, -0.05) is 6.07 Å². The van der Waals surface area contributed by atoms with Crippen molar-refractivity contribution in [1.29, 1.82) is 0 Å². The van der Waals surface area contributed by atoms with Gasteiger partial charge in [0.05, 0.1) is 14.2 Å². The summed E-state index contributed by atoms with van der Waals surface area (Å²) in [6, 6.07) is 8.63. The van der Waals surface area contributed by atoms with Crippen molar-refractivity contribution in [3.05, 3.63) is 42.0 Å². The van der Waals surface area contributed by atoms with Gasteiger partial charge in [0.1, 0.15) is 11.5 Å². The van der Waals surface area contributed by atoms with Crippen LogP contribution < -0.4 is 29.6 Å². The van der Waals surface area contributed by atoms with Crippen LogP contribution in [-0.4, -0.2) is 51.4 Å². The van der Waals surface area contributed by atoms with Gasteiger partial charge in [0.15, 0.2) is 29.8 Å². The zero-order valence-electron chi connectivity index (χ0n) is 18.1. The van der Waals surface area contributed by atoms with Gasteiger partial charge in [0, 0.05) is 30.4 Å². The average Bonchev–Trinajstić information content (AvgIpc) is 2.75. The molecule has 34 heavy (non-hydrogen) atoms. The second-order valence-electron chi connectivity index (χ2n) is 6.82. The number of hydrogen-bond donors (Lipinski definition) is 2. The van der Waals surface area contributed by atoms with E-state index in [0.717, 1.165) is 23.8 Å². The van der Waals surface area contributed by atoms with Crippen molar-refractivity contribution >= 4 is 23.0 Å². The van der Waals surface area contributed by atoms with Crippen LogP contribution in [0.1, 0.15) is 5.56 Å². The average molecular weight is 512 g/mol. The SMILES string of the molecule is COc1ccc(CCNC(=S)Nc2cc(OCC(F)(F)F)cc(OCC(F)(F)F)c2)cc1OC. The number of thiocarbonyl (C=S) groups is 1. The van der Waals surface area contributed by atoms with Crippen molar-refractivity contribution in [2.24, 2.45) is 0 Å². The van der Waals surface area contributed by atoms with Crippen LogP contribution in [0.2, 0.25) is 0 Å². The maximum Gasteiger partial charge on any atom is 0.422 e. The minimum Gasteiger partial charge on any atom is -0.493 e. The van der Waals surface area contributed by atoms with Crippen molar-refractivity contribution in [3.63, 3.8) is 0 Å². The van der Waals surface area contributed by atoms with Gasteiger partial charge in [-0.15, -0.1) is 0 Å².